The summed E-state index contributed by atoms with van der Waals surface area (Å²) in [5.41, 5.74) is 0.790. The lowest BCUT2D eigenvalue weighted by Crippen LogP contribution is -2.23. The third-order valence-corrected chi connectivity index (χ3v) is 4.58. The normalized spacial score (nSPS) is 12.5. The van der Waals surface area contributed by atoms with Gasteiger partial charge in [0.15, 0.2) is 11.5 Å². The van der Waals surface area contributed by atoms with Crippen molar-refractivity contribution in [3.63, 3.8) is 0 Å². The molecule has 0 saturated heterocycles. The predicted octanol–water partition coefficient (Wildman–Crippen LogP) is 3.99. The van der Waals surface area contributed by atoms with Crippen molar-refractivity contribution in [2.75, 3.05) is 19.1 Å². The highest BCUT2D eigenvalue weighted by molar-refractivity contribution is 7.99. The summed E-state index contributed by atoms with van der Waals surface area (Å²) in [6, 6.07) is 13.6. The van der Waals surface area contributed by atoms with Crippen LogP contribution in [-0.4, -0.2) is 25.0 Å². The Bertz CT molecular complexity index is 749. The van der Waals surface area contributed by atoms with Gasteiger partial charge in [-0.1, -0.05) is 29.8 Å². The van der Waals surface area contributed by atoms with Gasteiger partial charge >= 0.3 is 0 Å². The standard InChI is InChI=1S/C18H16ClNO3S/c19-15-10-13(11-16-18(15)23-12-22-16)6-7-17(21)20-8-9-24-14-4-2-1-3-5-14/h1-7,10-11H,8-9,12H2,(H,20,21)/b7-6+. The van der Waals surface area contributed by atoms with Gasteiger partial charge in [-0.25, -0.2) is 0 Å². The molecule has 0 atom stereocenters. The van der Waals surface area contributed by atoms with Crippen molar-refractivity contribution < 1.29 is 14.3 Å². The molecule has 0 bridgehead atoms. The molecular formula is C18H16ClNO3S. The molecule has 2 aromatic rings. The minimum Gasteiger partial charge on any atom is -0.454 e. The van der Waals surface area contributed by atoms with Crippen LogP contribution in [0, 0.1) is 0 Å². The Morgan fingerprint density at radius 3 is 2.92 bits per heavy atom. The molecule has 1 aliphatic heterocycles. The SMILES string of the molecule is O=C(/C=C/c1cc(Cl)c2c(c1)OCO2)NCCSc1ccccc1. The number of carbonyl (C=O) groups is 1. The maximum absolute atomic E-state index is 11.9. The molecule has 1 amide bonds. The summed E-state index contributed by atoms with van der Waals surface area (Å²) in [5.74, 6) is 1.83. The Balaban J connectivity index is 1.46. The van der Waals surface area contributed by atoms with Crippen LogP contribution in [0.1, 0.15) is 5.56 Å². The maximum atomic E-state index is 11.9. The summed E-state index contributed by atoms with van der Waals surface area (Å²) in [7, 11) is 0. The molecule has 0 radical (unpaired) electrons. The van der Waals surface area contributed by atoms with Crippen molar-refractivity contribution in [1.29, 1.82) is 0 Å². The second-order valence-electron chi connectivity index (χ2n) is 5.02. The van der Waals surface area contributed by atoms with Crippen molar-refractivity contribution in [3.8, 4) is 11.5 Å². The highest BCUT2D eigenvalue weighted by atomic mass is 35.5. The number of ether oxygens (including phenoxy) is 2. The van der Waals surface area contributed by atoms with E-state index in [9.17, 15) is 4.79 Å². The summed E-state index contributed by atoms with van der Waals surface area (Å²) < 4.78 is 10.6. The molecule has 0 spiro atoms. The monoisotopic (exact) mass is 361 g/mol. The molecule has 1 heterocycles. The molecule has 0 saturated carbocycles. The molecular weight excluding hydrogens is 346 g/mol. The van der Waals surface area contributed by atoms with Crippen molar-refractivity contribution >= 4 is 35.3 Å². The van der Waals surface area contributed by atoms with Gasteiger partial charge in [-0.15, -0.1) is 11.8 Å². The lowest BCUT2D eigenvalue weighted by Gasteiger charge is -2.03. The van der Waals surface area contributed by atoms with E-state index in [1.165, 1.54) is 11.0 Å². The minimum absolute atomic E-state index is 0.141. The molecule has 6 heteroatoms. The molecule has 0 aliphatic carbocycles. The average Bonchev–Trinajstić information content (AvgIpc) is 3.07. The number of rotatable bonds is 6. The predicted molar refractivity (Wildman–Crippen MR) is 96.8 cm³/mol. The molecule has 0 unspecified atom stereocenters. The first-order valence-electron chi connectivity index (χ1n) is 7.45. The molecule has 124 valence electrons. The van der Waals surface area contributed by atoms with E-state index in [4.69, 9.17) is 21.1 Å². The Labute approximate surface area is 149 Å². The summed E-state index contributed by atoms with van der Waals surface area (Å²) in [5, 5.41) is 3.33. The van der Waals surface area contributed by atoms with Crippen LogP contribution < -0.4 is 14.8 Å². The molecule has 2 aromatic carbocycles. The van der Waals surface area contributed by atoms with Gasteiger partial charge < -0.3 is 14.8 Å². The van der Waals surface area contributed by atoms with E-state index in [1.807, 2.05) is 18.2 Å². The van der Waals surface area contributed by atoms with Crippen LogP contribution >= 0.6 is 23.4 Å². The second-order valence-corrected chi connectivity index (χ2v) is 6.60. The fraction of sp³-hybridized carbons (Fsp3) is 0.167. The number of halogens is 1. The Morgan fingerprint density at radius 2 is 2.08 bits per heavy atom. The van der Waals surface area contributed by atoms with Gasteiger partial charge in [-0.3, -0.25) is 4.79 Å². The van der Waals surface area contributed by atoms with E-state index in [0.717, 1.165) is 11.3 Å². The van der Waals surface area contributed by atoms with Gasteiger partial charge in [-0.2, -0.15) is 0 Å². The lowest BCUT2D eigenvalue weighted by molar-refractivity contribution is -0.116. The highest BCUT2D eigenvalue weighted by Gasteiger charge is 2.17. The van der Waals surface area contributed by atoms with Crippen LogP contribution in [0.15, 0.2) is 53.4 Å². The van der Waals surface area contributed by atoms with E-state index < -0.39 is 0 Å². The van der Waals surface area contributed by atoms with E-state index >= 15 is 0 Å². The third-order valence-electron chi connectivity index (χ3n) is 3.29. The zero-order valence-electron chi connectivity index (χ0n) is 12.8. The van der Waals surface area contributed by atoms with Gasteiger partial charge in [0, 0.05) is 23.3 Å². The zero-order chi connectivity index (χ0) is 16.8. The number of amides is 1. The molecule has 0 aromatic heterocycles. The number of hydrogen-bond acceptors (Lipinski definition) is 4. The molecule has 1 aliphatic rings. The topological polar surface area (TPSA) is 47.6 Å². The average molecular weight is 362 g/mol. The number of benzene rings is 2. The number of thioether (sulfide) groups is 1. The molecule has 4 nitrogen and oxygen atoms in total. The quantitative estimate of drug-likeness (QED) is 0.480. The first kappa shape index (κ1) is 16.7. The van der Waals surface area contributed by atoms with Crippen LogP contribution in [0.25, 0.3) is 6.08 Å². The van der Waals surface area contributed by atoms with Gasteiger partial charge in [0.1, 0.15) is 0 Å². The highest BCUT2D eigenvalue weighted by Crippen LogP contribution is 2.40. The van der Waals surface area contributed by atoms with E-state index in [1.54, 1.807) is 30.0 Å². The van der Waals surface area contributed by atoms with E-state index in [2.05, 4.69) is 17.4 Å². The molecule has 0 fully saturated rings. The van der Waals surface area contributed by atoms with E-state index in [0.29, 0.717) is 23.1 Å². The largest absolute Gasteiger partial charge is 0.454 e. The summed E-state index contributed by atoms with van der Waals surface area (Å²) in [6.45, 7) is 0.770. The van der Waals surface area contributed by atoms with Crippen molar-refractivity contribution in [2.45, 2.75) is 4.90 Å². The zero-order valence-corrected chi connectivity index (χ0v) is 14.4. The molecule has 24 heavy (non-hydrogen) atoms. The number of nitrogens with one attached hydrogen (secondary N) is 1. The Morgan fingerprint density at radius 1 is 1.25 bits per heavy atom. The van der Waals surface area contributed by atoms with Crippen LogP contribution in [-0.2, 0) is 4.79 Å². The van der Waals surface area contributed by atoms with Crippen molar-refractivity contribution in [2.24, 2.45) is 0 Å². The van der Waals surface area contributed by atoms with Gasteiger partial charge in [0.2, 0.25) is 12.7 Å². The summed E-state index contributed by atoms with van der Waals surface area (Å²) >= 11 is 7.81. The maximum Gasteiger partial charge on any atom is 0.244 e. The smallest absolute Gasteiger partial charge is 0.244 e. The summed E-state index contributed by atoms with van der Waals surface area (Å²) in [6.07, 6.45) is 3.19. The van der Waals surface area contributed by atoms with Gasteiger partial charge in [-0.05, 0) is 35.9 Å². The first-order chi connectivity index (χ1) is 11.7. The number of fused-ring (bicyclic) bond motifs is 1. The Kier molecular flexibility index (Phi) is 5.67. The van der Waals surface area contributed by atoms with Crippen molar-refractivity contribution in [1.82, 2.24) is 5.32 Å². The van der Waals surface area contributed by atoms with Crippen molar-refractivity contribution in [3.05, 3.63) is 59.1 Å². The summed E-state index contributed by atoms with van der Waals surface area (Å²) in [4.78, 5) is 13.0. The lowest BCUT2D eigenvalue weighted by atomic mass is 10.2. The fourth-order valence-corrected chi connectivity index (χ4v) is 3.24. The minimum atomic E-state index is -0.141. The van der Waals surface area contributed by atoms with Crippen LogP contribution in [0.4, 0.5) is 0 Å². The number of carbonyl (C=O) groups excluding carboxylic acids is 1. The van der Waals surface area contributed by atoms with Gasteiger partial charge in [0.05, 0.1) is 5.02 Å². The van der Waals surface area contributed by atoms with Crippen LogP contribution in [0.2, 0.25) is 5.02 Å². The van der Waals surface area contributed by atoms with E-state index in [-0.39, 0.29) is 12.7 Å². The van der Waals surface area contributed by atoms with Crippen LogP contribution in [0.5, 0.6) is 11.5 Å². The number of hydrogen-bond donors (Lipinski definition) is 1. The second kappa shape index (κ2) is 8.13. The molecule has 1 N–H and O–H groups in total. The third kappa shape index (κ3) is 4.46. The van der Waals surface area contributed by atoms with Crippen LogP contribution in [0.3, 0.4) is 0 Å². The first-order valence-corrected chi connectivity index (χ1v) is 8.81. The van der Waals surface area contributed by atoms with Gasteiger partial charge in [0.25, 0.3) is 0 Å². The molecule has 3 rings (SSSR count). The Hall–Kier alpha value is -2.11. The fourth-order valence-electron chi connectivity index (χ4n) is 2.17.